The molecule has 1 atom stereocenters. The van der Waals surface area contributed by atoms with E-state index < -0.39 is 6.10 Å². The number of amides is 1. The molecule has 0 aliphatic rings. The van der Waals surface area contributed by atoms with Crippen molar-refractivity contribution in [2.75, 3.05) is 13.1 Å². The van der Waals surface area contributed by atoms with Gasteiger partial charge in [-0.05, 0) is 32.0 Å². The van der Waals surface area contributed by atoms with Gasteiger partial charge in [-0.3, -0.25) is 9.78 Å². The Kier molecular flexibility index (Phi) is 7.15. The van der Waals surface area contributed by atoms with Crippen molar-refractivity contribution in [3.63, 3.8) is 0 Å². The minimum atomic E-state index is -0.603. The number of nitrogens with one attached hydrogen (secondary N) is 2. The van der Waals surface area contributed by atoms with Gasteiger partial charge >= 0.3 is 0 Å². The average Bonchev–Trinajstić information content (AvgIpc) is 2.46. The molecule has 0 fully saturated rings. The lowest BCUT2D eigenvalue weighted by Gasteiger charge is -2.13. The molecule has 0 aliphatic carbocycles. The Bertz CT molecular complexity index is 451. The highest BCUT2D eigenvalue weighted by atomic mass is 16.5. The van der Waals surface area contributed by atoms with Crippen LogP contribution in [0.2, 0.25) is 0 Å². The molecule has 1 unspecified atom stereocenters. The molecule has 1 heterocycles. The van der Waals surface area contributed by atoms with E-state index in [-0.39, 0.29) is 12.5 Å². The van der Waals surface area contributed by atoms with Crippen LogP contribution in [0.1, 0.15) is 26.0 Å². The largest absolute Gasteiger partial charge is 0.479 e. The van der Waals surface area contributed by atoms with Crippen molar-refractivity contribution in [3.8, 4) is 18.1 Å². The van der Waals surface area contributed by atoms with Gasteiger partial charge in [0.25, 0.3) is 5.91 Å². The van der Waals surface area contributed by atoms with Gasteiger partial charge < -0.3 is 15.4 Å². The summed E-state index contributed by atoms with van der Waals surface area (Å²) in [6.07, 6.45) is 7.18. The molecule has 0 bridgehead atoms. The smallest absolute Gasteiger partial charge is 0.261 e. The highest BCUT2D eigenvalue weighted by molar-refractivity contribution is 5.80. The van der Waals surface area contributed by atoms with Gasteiger partial charge in [-0.2, -0.15) is 0 Å². The number of hydrogen-bond donors (Lipinski definition) is 2. The van der Waals surface area contributed by atoms with Crippen LogP contribution in [0.4, 0.5) is 0 Å². The van der Waals surface area contributed by atoms with Crippen LogP contribution < -0.4 is 15.4 Å². The average molecular weight is 275 g/mol. The van der Waals surface area contributed by atoms with Crippen LogP contribution in [-0.2, 0) is 11.3 Å². The minimum Gasteiger partial charge on any atom is -0.479 e. The lowest BCUT2D eigenvalue weighted by atomic mass is 10.3. The fourth-order valence-electron chi connectivity index (χ4n) is 1.52. The molecule has 1 amide bonds. The predicted octanol–water partition coefficient (Wildman–Crippen LogP) is 1.10. The van der Waals surface area contributed by atoms with Gasteiger partial charge in [0.1, 0.15) is 5.75 Å². The van der Waals surface area contributed by atoms with Crippen molar-refractivity contribution in [1.29, 1.82) is 0 Å². The van der Waals surface area contributed by atoms with E-state index in [1.54, 1.807) is 19.2 Å². The van der Waals surface area contributed by atoms with Crippen molar-refractivity contribution in [1.82, 2.24) is 15.6 Å². The number of carbonyl (C=O) groups is 1. The van der Waals surface area contributed by atoms with E-state index in [1.807, 2.05) is 6.07 Å². The lowest BCUT2D eigenvalue weighted by molar-refractivity contribution is -0.127. The van der Waals surface area contributed by atoms with E-state index in [1.165, 1.54) is 0 Å². The van der Waals surface area contributed by atoms with E-state index in [0.29, 0.717) is 5.75 Å². The fourth-order valence-corrected chi connectivity index (χ4v) is 1.52. The zero-order valence-corrected chi connectivity index (χ0v) is 12.0. The normalized spacial score (nSPS) is 11.4. The first-order chi connectivity index (χ1) is 9.67. The molecule has 1 rings (SSSR count). The Balaban J connectivity index is 2.44. The summed E-state index contributed by atoms with van der Waals surface area (Å²) in [5.74, 6) is 2.67. The van der Waals surface area contributed by atoms with Crippen molar-refractivity contribution >= 4 is 5.91 Å². The number of rotatable bonds is 8. The molecule has 5 heteroatoms. The number of pyridine rings is 1. The summed E-state index contributed by atoms with van der Waals surface area (Å²) in [4.78, 5) is 15.9. The maximum atomic E-state index is 11.6. The van der Waals surface area contributed by atoms with Crippen LogP contribution in [-0.4, -0.2) is 30.1 Å². The number of ether oxygens (including phenoxy) is 1. The van der Waals surface area contributed by atoms with Crippen molar-refractivity contribution < 1.29 is 9.53 Å². The van der Waals surface area contributed by atoms with Crippen LogP contribution >= 0.6 is 0 Å². The van der Waals surface area contributed by atoms with Gasteiger partial charge in [-0.15, -0.1) is 6.42 Å². The summed E-state index contributed by atoms with van der Waals surface area (Å²) in [7, 11) is 0. The molecule has 0 saturated heterocycles. The van der Waals surface area contributed by atoms with Gasteiger partial charge in [-0.1, -0.05) is 12.8 Å². The Hall–Kier alpha value is -2.06. The first-order valence-corrected chi connectivity index (χ1v) is 6.70. The number of carbonyl (C=O) groups excluding carboxylic acids is 1. The maximum absolute atomic E-state index is 11.6. The Morgan fingerprint density at radius 1 is 1.55 bits per heavy atom. The third-order valence-corrected chi connectivity index (χ3v) is 2.58. The summed E-state index contributed by atoms with van der Waals surface area (Å²) in [5, 5.41) is 5.83. The quantitative estimate of drug-likeness (QED) is 0.551. The van der Waals surface area contributed by atoms with Crippen LogP contribution in [0.25, 0.3) is 0 Å². The van der Waals surface area contributed by atoms with E-state index in [9.17, 15) is 4.79 Å². The highest BCUT2D eigenvalue weighted by Gasteiger charge is 2.13. The van der Waals surface area contributed by atoms with Gasteiger partial charge in [0.05, 0.1) is 18.4 Å². The lowest BCUT2D eigenvalue weighted by Crippen LogP contribution is -2.36. The molecule has 2 N–H and O–H groups in total. The predicted molar refractivity (Wildman–Crippen MR) is 78.2 cm³/mol. The Labute approximate surface area is 120 Å². The minimum absolute atomic E-state index is 0.201. The third kappa shape index (κ3) is 5.72. The van der Waals surface area contributed by atoms with Gasteiger partial charge in [0.2, 0.25) is 0 Å². The van der Waals surface area contributed by atoms with Crippen molar-refractivity contribution in [2.24, 2.45) is 0 Å². The van der Waals surface area contributed by atoms with Gasteiger partial charge in [0.15, 0.2) is 6.10 Å². The third-order valence-electron chi connectivity index (χ3n) is 2.58. The number of nitrogens with zero attached hydrogens (tertiary/aromatic N) is 1. The maximum Gasteiger partial charge on any atom is 0.261 e. The fraction of sp³-hybridized carbons (Fsp3) is 0.467. The SMILES string of the molecule is C#CCNC(=O)C(C)Oc1ccc(CNCCC)nc1. The number of aromatic nitrogens is 1. The van der Waals surface area contributed by atoms with Crippen LogP contribution in [0.5, 0.6) is 5.75 Å². The second-order valence-electron chi connectivity index (χ2n) is 4.34. The summed E-state index contributed by atoms with van der Waals surface area (Å²) in [6.45, 7) is 5.68. The first kappa shape index (κ1) is 16.0. The van der Waals surface area contributed by atoms with Crippen LogP contribution in [0.15, 0.2) is 18.3 Å². The van der Waals surface area contributed by atoms with E-state index in [2.05, 4.69) is 28.5 Å². The molecular formula is C15H21N3O2. The summed E-state index contributed by atoms with van der Waals surface area (Å²) in [6, 6.07) is 3.69. The standard InChI is InChI=1S/C15H21N3O2/c1-4-8-16-10-13-6-7-14(11-18-13)20-12(3)15(19)17-9-5-2/h2,6-7,11-12,16H,4,8-10H2,1,3H3,(H,17,19). The molecule has 0 aromatic carbocycles. The number of terminal acetylenes is 1. The monoisotopic (exact) mass is 275 g/mol. The molecule has 108 valence electrons. The Morgan fingerprint density at radius 3 is 2.95 bits per heavy atom. The van der Waals surface area contributed by atoms with Crippen molar-refractivity contribution in [3.05, 3.63) is 24.0 Å². The molecule has 5 nitrogen and oxygen atoms in total. The van der Waals surface area contributed by atoms with Gasteiger partial charge in [0, 0.05) is 6.54 Å². The summed E-state index contributed by atoms with van der Waals surface area (Å²) >= 11 is 0. The molecule has 0 radical (unpaired) electrons. The summed E-state index contributed by atoms with van der Waals surface area (Å²) < 4.78 is 5.49. The van der Waals surface area contributed by atoms with E-state index >= 15 is 0 Å². The van der Waals surface area contributed by atoms with Crippen LogP contribution in [0, 0.1) is 12.3 Å². The van der Waals surface area contributed by atoms with E-state index in [0.717, 1.165) is 25.2 Å². The zero-order chi connectivity index (χ0) is 14.8. The number of hydrogen-bond acceptors (Lipinski definition) is 4. The highest BCUT2D eigenvalue weighted by Crippen LogP contribution is 2.11. The molecule has 0 aliphatic heterocycles. The van der Waals surface area contributed by atoms with Crippen LogP contribution in [0.3, 0.4) is 0 Å². The Morgan fingerprint density at radius 2 is 2.35 bits per heavy atom. The summed E-state index contributed by atoms with van der Waals surface area (Å²) in [5.41, 5.74) is 0.940. The van der Waals surface area contributed by atoms with Crippen molar-refractivity contribution in [2.45, 2.75) is 32.9 Å². The molecular weight excluding hydrogens is 254 g/mol. The first-order valence-electron chi connectivity index (χ1n) is 6.70. The molecule has 0 spiro atoms. The zero-order valence-electron chi connectivity index (χ0n) is 12.0. The molecule has 0 saturated carbocycles. The second-order valence-corrected chi connectivity index (χ2v) is 4.34. The molecule has 20 heavy (non-hydrogen) atoms. The molecule has 1 aromatic heterocycles. The van der Waals surface area contributed by atoms with Gasteiger partial charge in [-0.25, -0.2) is 0 Å². The molecule has 1 aromatic rings. The second kappa shape index (κ2) is 8.94. The topological polar surface area (TPSA) is 63.2 Å². The van der Waals surface area contributed by atoms with E-state index in [4.69, 9.17) is 11.2 Å².